The maximum atomic E-state index is 14.1. The first kappa shape index (κ1) is 35.3. The maximum Gasteiger partial charge on any atom is 0.418 e. The smallest absolute Gasteiger partial charge is 0.418 e. The number of carbonyl (C=O) groups is 3. The zero-order chi connectivity index (χ0) is 34.9. The minimum atomic E-state index is -4.70. The predicted octanol–water partition coefficient (Wildman–Crippen LogP) is 5.06. The molecule has 0 aliphatic carbocycles. The Labute approximate surface area is 289 Å². The van der Waals surface area contributed by atoms with Crippen molar-refractivity contribution in [1.82, 2.24) is 19.6 Å². The highest BCUT2D eigenvalue weighted by Gasteiger charge is 2.44. The number of nitrogens with one attached hydrogen (secondary N) is 2. The fraction of sp³-hybridized carbons (Fsp3) is 0.571. The Balaban J connectivity index is 1.18. The number of fused-ring (bicyclic) bond motifs is 2. The zero-order valence-electron chi connectivity index (χ0n) is 28.0. The number of nitrogens with zero attached hydrogens (tertiary/aromatic N) is 4. The van der Waals surface area contributed by atoms with Gasteiger partial charge in [-0.05, 0) is 62.1 Å². The van der Waals surface area contributed by atoms with E-state index < -0.39 is 35.3 Å². The third-order valence-electron chi connectivity index (χ3n) is 10.7. The van der Waals surface area contributed by atoms with Crippen molar-refractivity contribution in [2.24, 2.45) is 0 Å². The first-order valence-corrected chi connectivity index (χ1v) is 17.4. The van der Waals surface area contributed by atoms with Crippen molar-refractivity contribution >= 4 is 40.9 Å². The molecule has 4 heterocycles. The molecule has 0 radical (unpaired) electrons. The number of amides is 3. The van der Waals surface area contributed by atoms with E-state index in [1.807, 2.05) is 24.3 Å². The quantitative estimate of drug-likeness (QED) is 0.434. The van der Waals surface area contributed by atoms with Gasteiger partial charge in [-0.3, -0.25) is 14.5 Å². The second kappa shape index (κ2) is 14.4. The van der Waals surface area contributed by atoms with Crippen molar-refractivity contribution in [3.63, 3.8) is 0 Å². The Morgan fingerprint density at radius 1 is 1.02 bits per heavy atom. The summed E-state index contributed by atoms with van der Waals surface area (Å²) >= 11 is 6.29. The molecule has 14 heteroatoms. The predicted molar refractivity (Wildman–Crippen MR) is 181 cm³/mol. The summed E-state index contributed by atoms with van der Waals surface area (Å²) in [6, 6.07) is 10.4. The van der Waals surface area contributed by atoms with Gasteiger partial charge in [0.2, 0.25) is 5.91 Å². The number of hydrogen-bond donors (Lipinski definition) is 2. The first-order chi connectivity index (χ1) is 23.4. The van der Waals surface area contributed by atoms with Gasteiger partial charge in [-0.2, -0.15) is 13.2 Å². The van der Waals surface area contributed by atoms with Gasteiger partial charge in [0.1, 0.15) is 0 Å². The van der Waals surface area contributed by atoms with E-state index >= 15 is 0 Å². The van der Waals surface area contributed by atoms with Gasteiger partial charge in [-0.1, -0.05) is 29.8 Å². The first-order valence-electron chi connectivity index (χ1n) is 17.0. The van der Waals surface area contributed by atoms with Crippen LogP contribution in [-0.4, -0.2) is 116 Å². The van der Waals surface area contributed by atoms with E-state index in [1.165, 1.54) is 18.0 Å². The Morgan fingerprint density at radius 2 is 1.69 bits per heavy atom. The molecule has 49 heavy (non-hydrogen) atoms. The monoisotopic (exact) mass is 704 g/mol. The lowest BCUT2D eigenvalue weighted by Gasteiger charge is -2.44. The number of benzene rings is 2. The van der Waals surface area contributed by atoms with Gasteiger partial charge in [0, 0.05) is 89.4 Å². The van der Waals surface area contributed by atoms with Crippen molar-refractivity contribution in [1.29, 1.82) is 0 Å². The molecule has 3 saturated heterocycles. The average molecular weight is 705 g/mol. The average Bonchev–Trinajstić information content (AvgIpc) is 3.07. The van der Waals surface area contributed by atoms with Gasteiger partial charge in [0.15, 0.2) is 6.10 Å². The van der Waals surface area contributed by atoms with Crippen LogP contribution in [0.3, 0.4) is 0 Å². The minimum absolute atomic E-state index is 0.0713. The Kier molecular flexibility index (Phi) is 10.3. The summed E-state index contributed by atoms with van der Waals surface area (Å²) in [6.07, 6.45) is -4.12. The van der Waals surface area contributed by atoms with E-state index in [-0.39, 0.29) is 28.6 Å². The lowest BCUT2D eigenvalue weighted by Crippen LogP contribution is -2.54. The summed E-state index contributed by atoms with van der Waals surface area (Å²) in [5.41, 5.74) is 0.317. The van der Waals surface area contributed by atoms with E-state index in [0.717, 1.165) is 56.3 Å². The molecule has 2 aromatic rings. The molecule has 6 rings (SSSR count). The van der Waals surface area contributed by atoms with Crippen LogP contribution in [0.25, 0.3) is 0 Å². The number of halogens is 4. The third-order valence-corrected chi connectivity index (χ3v) is 11.0. The lowest BCUT2D eigenvalue weighted by atomic mass is 9.68. The molecule has 0 aromatic heterocycles. The summed E-state index contributed by atoms with van der Waals surface area (Å²) in [6.45, 7) is 5.45. The Bertz CT molecular complexity index is 1550. The van der Waals surface area contributed by atoms with Gasteiger partial charge in [-0.15, -0.1) is 0 Å². The van der Waals surface area contributed by atoms with Crippen LogP contribution in [0.15, 0.2) is 36.4 Å². The highest BCUT2D eigenvalue weighted by Crippen LogP contribution is 2.45. The fourth-order valence-corrected chi connectivity index (χ4v) is 8.24. The number of rotatable bonds is 6. The molecule has 1 spiro atoms. The number of piperazine rings is 1. The molecule has 1 atom stereocenters. The molecular weight excluding hydrogens is 661 g/mol. The number of anilines is 2. The van der Waals surface area contributed by atoms with Gasteiger partial charge in [0.25, 0.3) is 5.91 Å². The zero-order valence-corrected chi connectivity index (χ0v) is 28.7. The number of para-hydroxylation sites is 1. The van der Waals surface area contributed by atoms with Crippen molar-refractivity contribution in [3.05, 3.63) is 58.1 Å². The molecule has 2 aromatic carbocycles. The van der Waals surface area contributed by atoms with Crippen LogP contribution in [0.1, 0.15) is 48.8 Å². The molecule has 2 N–H and O–H groups in total. The molecule has 3 amide bonds. The second-order valence-electron chi connectivity index (χ2n) is 13.8. The van der Waals surface area contributed by atoms with E-state index in [0.29, 0.717) is 51.5 Å². The summed E-state index contributed by atoms with van der Waals surface area (Å²) < 4.78 is 48.0. The number of hydrogen-bond acceptors (Lipinski definition) is 7. The van der Waals surface area contributed by atoms with E-state index in [1.54, 1.807) is 4.90 Å². The summed E-state index contributed by atoms with van der Waals surface area (Å²) in [4.78, 5) is 48.3. The molecule has 0 unspecified atom stereocenters. The third kappa shape index (κ3) is 7.63. The van der Waals surface area contributed by atoms with Crippen LogP contribution in [0.5, 0.6) is 0 Å². The number of carbonyl (C=O) groups excluding carboxylic acids is 3. The number of likely N-dealkylation sites (N-methyl/N-ethyl adjacent to an activating group) is 1. The van der Waals surface area contributed by atoms with Gasteiger partial charge in [0.05, 0.1) is 16.3 Å². The second-order valence-corrected chi connectivity index (χ2v) is 14.2. The topological polar surface area (TPSA) is 97.5 Å². The van der Waals surface area contributed by atoms with Gasteiger partial charge in [-0.25, -0.2) is 4.79 Å². The highest BCUT2D eigenvalue weighted by molar-refractivity contribution is 6.33. The standard InChI is InChI=1S/C35H44ClF3N6O4/c1-40-31-26(35(37,38)39)19-23(20-27(31)36)21-29(32(47)44-11-7-24(8-12-44)43-17-15-42(2)16-18-43)49-33(48)45-13-9-34(10-14-45)22-30(46)41-28-6-4-3-5-25(28)34/h3-6,19-20,24,29,40H,7-18,21-22H2,1-2H3,(H,41,46)/t29-/m1/s1. The summed E-state index contributed by atoms with van der Waals surface area (Å²) in [7, 11) is 3.46. The number of alkyl halides is 3. The van der Waals surface area contributed by atoms with Crippen molar-refractivity contribution in [2.75, 3.05) is 77.1 Å². The number of likely N-dealkylation sites (tertiary alicyclic amines) is 2. The lowest BCUT2D eigenvalue weighted by molar-refractivity contribution is -0.142. The largest absolute Gasteiger partial charge is 0.436 e. The van der Waals surface area contributed by atoms with E-state index in [9.17, 15) is 27.6 Å². The van der Waals surface area contributed by atoms with Gasteiger partial charge < -0.3 is 30.1 Å². The van der Waals surface area contributed by atoms with E-state index in [4.69, 9.17) is 16.3 Å². The molecular formula is C35H44ClF3N6O4. The van der Waals surface area contributed by atoms with Crippen LogP contribution >= 0.6 is 11.6 Å². The van der Waals surface area contributed by atoms with Crippen molar-refractivity contribution in [2.45, 2.75) is 62.3 Å². The molecule has 10 nitrogen and oxygen atoms in total. The van der Waals surface area contributed by atoms with Crippen LogP contribution in [-0.2, 0) is 32.3 Å². The molecule has 3 fully saturated rings. The molecule has 0 bridgehead atoms. The SMILES string of the molecule is CNc1c(Cl)cc(C[C@@H](OC(=O)N2CCC3(CC2)CC(=O)Nc2ccccc23)C(=O)N2CCC(N3CCN(C)CC3)CC2)cc1C(F)(F)F. The van der Waals surface area contributed by atoms with Crippen LogP contribution < -0.4 is 10.6 Å². The number of ether oxygens (including phenoxy) is 1. The van der Waals surface area contributed by atoms with Crippen molar-refractivity contribution in [3.8, 4) is 0 Å². The van der Waals surface area contributed by atoms with Crippen LogP contribution in [0, 0.1) is 0 Å². The highest BCUT2D eigenvalue weighted by atomic mass is 35.5. The molecule has 4 aliphatic heterocycles. The molecule has 4 aliphatic rings. The van der Waals surface area contributed by atoms with Crippen LogP contribution in [0.2, 0.25) is 5.02 Å². The maximum absolute atomic E-state index is 14.1. The minimum Gasteiger partial charge on any atom is -0.436 e. The van der Waals surface area contributed by atoms with Crippen molar-refractivity contribution < 1.29 is 32.3 Å². The summed E-state index contributed by atoms with van der Waals surface area (Å²) in [5.74, 6) is -0.503. The summed E-state index contributed by atoms with van der Waals surface area (Å²) in [5, 5.41) is 5.31. The molecule has 0 saturated carbocycles. The number of piperidine rings is 2. The fourth-order valence-electron chi connectivity index (χ4n) is 7.91. The Hall–Kier alpha value is -3.55. The normalized spacial score (nSPS) is 21.2. The van der Waals surface area contributed by atoms with E-state index in [2.05, 4.69) is 27.5 Å². The Morgan fingerprint density at radius 3 is 2.35 bits per heavy atom. The van der Waals surface area contributed by atoms with Gasteiger partial charge >= 0.3 is 12.3 Å². The molecule has 266 valence electrons. The van der Waals surface area contributed by atoms with Crippen LogP contribution in [0.4, 0.5) is 29.3 Å².